The summed E-state index contributed by atoms with van der Waals surface area (Å²) in [5, 5.41) is 4.00. The number of rotatable bonds is 4. The molecule has 0 fully saturated rings. The van der Waals surface area contributed by atoms with Gasteiger partial charge in [-0.1, -0.05) is 6.07 Å². The molecule has 0 amide bonds. The molecule has 0 aliphatic heterocycles. The molecule has 1 heterocycles. The second-order valence-electron chi connectivity index (χ2n) is 4.41. The Bertz CT molecular complexity index is 740. The van der Waals surface area contributed by atoms with E-state index in [0.717, 1.165) is 11.1 Å². The Kier molecular flexibility index (Phi) is 4.17. The van der Waals surface area contributed by atoms with Gasteiger partial charge in [-0.05, 0) is 40.0 Å². The Morgan fingerprint density at radius 1 is 1.45 bits per heavy atom. The summed E-state index contributed by atoms with van der Waals surface area (Å²) >= 11 is 3.31. The smallest absolute Gasteiger partial charge is 0.264 e. The zero-order valence-corrected chi connectivity index (χ0v) is 13.5. The second kappa shape index (κ2) is 5.55. The van der Waals surface area contributed by atoms with Gasteiger partial charge in [0.15, 0.2) is 5.82 Å². The van der Waals surface area contributed by atoms with Crippen molar-refractivity contribution in [2.45, 2.75) is 18.4 Å². The monoisotopic (exact) mass is 358 g/mol. The summed E-state index contributed by atoms with van der Waals surface area (Å²) in [6.07, 6.45) is 1.66. The predicted octanol–water partition coefficient (Wildman–Crippen LogP) is 1.75. The molecule has 0 saturated heterocycles. The van der Waals surface area contributed by atoms with Gasteiger partial charge in [-0.3, -0.25) is 9.40 Å². The average Bonchev–Trinajstić information content (AvgIpc) is 2.76. The van der Waals surface area contributed by atoms with E-state index in [0.29, 0.717) is 4.47 Å². The molecule has 0 radical (unpaired) electrons. The molecule has 108 valence electrons. The highest BCUT2D eigenvalue weighted by Gasteiger charge is 2.20. The highest BCUT2D eigenvalue weighted by atomic mass is 79.9. The van der Waals surface area contributed by atoms with Crippen molar-refractivity contribution < 1.29 is 8.42 Å². The van der Waals surface area contributed by atoms with Gasteiger partial charge in [0.25, 0.3) is 10.0 Å². The summed E-state index contributed by atoms with van der Waals surface area (Å²) in [6, 6.07) is 5.00. The van der Waals surface area contributed by atoms with E-state index in [-0.39, 0.29) is 17.3 Å². The maximum atomic E-state index is 12.4. The van der Waals surface area contributed by atoms with Crippen LogP contribution >= 0.6 is 15.9 Å². The fraction of sp³-hybridized carbons (Fsp3) is 0.250. The van der Waals surface area contributed by atoms with Crippen molar-refractivity contribution in [3.05, 3.63) is 40.0 Å². The standard InChI is InChI=1S/C12H15BrN4O2S/c1-8-5-9(7-14)6-10(12(8)13)20(18,19)16-11-3-4-17(2)15-11/h3-6H,7,14H2,1-2H3,(H,15,16). The lowest BCUT2D eigenvalue weighted by Crippen LogP contribution is -2.15. The minimum absolute atomic E-state index is 0.156. The van der Waals surface area contributed by atoms with E-state index in [4.69, 9.17) is 5.73 Å². The van der Waals surface area contributed by atoms with Crippen molar-refractivity contribution in [2.75, 3.05) is 4.72 Å². The Morgan fingerprint density at radius 3 is 2.70 bits per heavy atom. The molecular formula is C12H15BrN4O2S. The molecule has 0 saturated carbocycles. The maximum absolute atomic E-state index is 12.4. The van der Waals surface area contributed by atoms with Crippen molar-refractivity contribution in [3.63, 3.8) is 0 Å². The zero-order chi connectivity index (χ0) is 14.9. The SMILES string of the molecule is Cc1cc(CN)cc(S(=O)(=O)Nc2ccn(C)n2)c1Br. The van der Waals surface area contributed by atoms with E-state index >= 15 is 0 Å². The van der Waals surface area contributed by atoms with Gasteiger partial charge in [0, 0.05) is 30.3 Å². The Morgan fingerprint density at radius 2 is 2.15 bits per heavy atom. The number of nitrogens with one attached hydrogen (secondary N) is 1. The van der Waals surface area contributed by atoms with Crippen LogP contribution in [-0.4, -0.2) is 18.2 Å². The Hall–Kier alpha value is -1.38. The van der Waals surface area contributed by atoms with Crippen LogP contribution in [0.2, 0.25) is 0 Å². The number of anilines is 1. The molecule has 3 N–H and O–H groups in total. The van der Waals surface area contributed by atoms with E-state index < -0.39 is 10.0 Å². The lowest BCUT2D eigenvalue weighted by atomic mass is 10.1. The van der Waals surface area contributed by atoms with Crippen LogP contribution in [0.3, 0.4) is 0 Å². The van der Waals surface area contributed by atoms with Crippen LogP contribution < -0.4 is 10.5 Å². The summed E-state index contributed by atoms with van der Waals surface area (Å²) in [7, 11) is -2.00. The van der Waals surface area contributed by atoms with Crippen LogP contribution in [0.15, 0.2) is 33.8 Å². The maximum Gasteiger partial charge on any atom is 0.264 e. The third-order valence-corrected chi connectivity index (χ3v) is 5.45. The molecule has 20 heavy (non-hydrogen) atoms. The first kappa shape index (κ1) is 15.0. The summed E-state index contributed by atoms with van der Waals surface area (Å²) in [4.78, 5) is 0.156. The van der Waals surface area contributed by atoms with Gasteiger partial charge in [-0.25, -0.2) is 8.42 Å². The van der Waals surface area contributed by atoms with Crippen LogP contribution in [0, 0.1) is 6.92 Å². The molecule has 0 bridgehead atoms. The quantitative estimate of drug-likeness (QED) is 0.870. The summed E-state index contributed by atoms with van der Waals surface area (Å²) < 4.78 is 29.3. The van der Waals surface area contributed by atoms with Crippen molar-refractivity contribution in [2.24, 2.45) is 12.8 Å². The second-order valence-corrected chi connectivity index (χ2v) is 6.85. The number of aromatic nitrogens is 2. The molecule has 0 aliphatic carbocycles. The van der Waals surface area contributed by atoms with Crippen molar-refractivity contribution in [3.8, 4) is 0 Å². The van der Waals surface area contributed by atoms with E-state index in [1.165, 1.54) is 4.68 Å². The number of benzene rings is 1. The molecule has 2 aromatic rings. The van der Waals surface area contributed by atoms with Crippen LogP contribution in [0.25, 0.3) is 0 Å². The Labute approximate surface area is 126 Å². The van der Waals surface area contributed by atoms with E-state index in [1.807, 2.05) is 13.0 Å². The van der Waals surface area contributed by atoms with Gasteiger partial charge in [0.1, 0.15) is 4.90 Å². The fourth-order valence-corrected chi connectivity index (χ4v) is 3.85. The zero-order valence-electron chi connectivity index (χ0n) is 11.1. The molecule has 6 nitrogen and oxygen atoms in total. The highest BCUT2D eigenvalue weighted by molar-refractivity contribution is 9.10. The molecule has 0 spiro atoms. The van der Waals surface area contributed by atoms with Crippen molar-refractivity contribution in [1.82, 2.24) is 9.78 Å². The van der Waals surface area contributed by atoms with Crippen molar-refractivity contribution >= 4 is 31.8 Å². The first-order valence-corrected chi connectivity index (χ1v) is 8.12. The Balaban J connectivity index is 2.46. The third-order valence-electron chi connectivity index (χ3n) is 2.76. The molecule has 0 atom stereocenters. The summed E-state index contributed by atoms with van der Waals surface area (Å²) in [5.41, 5.74) is 7.16. The van der Waals surface area contributed by atoms with Gasteiger partial charge < -0.3 is 5.73 Å². The van der Waals surface area contributed by atoms with E-state index in [2.05, 4.69) is 25.8 Å². The predicted molar refractivity (Wildman–Crippen MR) is 80.8 cm³/mol. The van der Waals surface area contributed by atoms with E-state index in [9.17, 15) is 8.42 Å². The van der Waals surface area contributed by atoms with Gasteiger partial charge in [0.2, 0.25) is 0 Å². The van der Waals surface area contributed by atoms with Gasteiger partial charge in [-0.15, -0.1) is 0 Å². The molecule has 0 aliphatic rings. The van der Waals surface area contributed by atoms with Crippen LogP contribution in [0.4, 0.5) is 5.82 Å². The van der Waals surface area contributed by atoms with Crippen LogP contribution in [0.5, 0.6) is 0 Å². The lowest BCUT2D eigenvalue weighted by Gasteiger charge is -2.11. The number of aryl methyl sites for hydroxylation is 2. The molecule has 1 aromatic carbocycles. The molecule has 8 heteroatoms. The molecular weight excluding hydrogens is 344 g/mol. The number of halogens is 1. The number of sulfonamides is 1. The van der Waals surface area contributed by atoms with Crippen LogP contribution in [0.1, 0.15) is 11.1 Å². The molecule has 1 aromatic heterocycles. The lowest BCUT2D eigenvalue weighted by molar-refractivity contribution is 0.600. The minimum Gasteiger partial charge on any atom is -0.326 e. The third kappa shape index (κ3) is 3.02. The number of hydrogen-bond donors (Lipinski definition) is 2. The van der Waals surface area contributed by atoms with Gasteiger partial charge >= 0.3 is 0 Å². The van der Waals surface area contributed by atoms with Gasteiger partial charge in [-0.2, -0.15) is 5.10 Å². The average molecular weight is 359 g/mol. The van der Waals surface area contributed by atoms with Gasteiger partial charge in [0.05, 0.1) is 0 Å². The number of nitrogens with two attached hydrogens (primary N) is 1. The minimum atomic E-state index is -3.71. The van der Waals surface area contributed by atoms with Crippen LogP contribution in [-0.2, 0) is 23.6 Å². The largest absolute Gasteiger partial charge is 0.326 e. The van der Waals surface area contributed by atoms with Crippen molar-refractivity contribution in [1.29, 1.82) is 0 Å². The topological polar surface area (TPSA) is 90.0 Å². The molecule has 2 rings (SSSR count). The summed E-state index contributed by atoms with van der Waals surface area (Å²) in [5.74, 6) is 0.273. The summed E-state index contributed by atoms with van der Waals surface area (Å²) in [6.45, 7) is 2.10. The first-order chi connectivity index (χ1) is 9.33. The number of hydrogen-bond acceptors (Lipinski definition) is 4. The normalized spacial score (nSPS) is 11.6. The fourth-order valence-electron chi connectivity index (χ4n) is 1.78. The van der Waals surface area contributed by atoms with E-state index in [1.54, 1.807) is 25.4 Å². The first-order valence-electron chi connectivity index (χ1n) is 5.85. The molecule has 0 unspecified atom stereocenters. The highest BCUT2D eigenvalue weighted by Crippen LogP contribution is 2.28. The number of nitrogens with zero attached hydrogens (tertiary/aromatic N) is 2.